The number of non-ortho nitro benzene ring substituents is 1. The van der Waals surface area contributed by atoms with Gasteiger partial charge >= 0.3 is 0 Å². The highest BCUT2D eigenvalue weighted by molar-refractivity contribution is 7.17. The number of anilines is 1. The van der Waals surface area contributed by atoms with Crippen LogP contribution < -0.4 is 10.5 Å². The van der Waals surface area contributed by atoms with Gasteiger partial charge in [-0.1, -0.05) is 0 Å². The number of nitrogens with one attached hydrogen (secondary N) is 1. The van der Waals surface area contributed by atoms with E-state index < -0.39 is 27.9 Å². The van der Waals surface area contributed by atoms with Gasteiger partial charge in [0.25, 0.3) is 11.2 Å². The summed E-state index contributed by atoms with van der Waals surface area (Å²) in [6.45, 7) is -0.0767. The number of benzene rings is 1. The number of nitro benzene ring substituents is 1. The van der Waals surface area contributed by atoms with E-state index in [1.165, 1.54) is 23.3 Å². The fourth-order valence-corrected chi connectivity index (χ4v) is 3.05. The number of thiophene rings is 1. The summed E-state index contributed by atoms with van der Waals surface area (Å²) in [6, 6.07) is 2.96. The Morgan fingerprint density at radius 3 is 2.67 bits per heavy atom. The van der Waals surface area contributed by atoms with Crippen LogP contribution in [0.1, 0.15) is 5.82 Å². The molecule has 1 aromatic carbocycles. The number of aromatic nitrogens is 2. The van der Waals surface area contributed by atoms with Crippen molar-refractivity contribution in [2.75, 3.05) is 11.9 Å². The van der Waals surface area contributed by atoms with Crippen LogP contribution in [0, 0.1) is 21.7 Å². The molecule has 7 nitrogen and oxygen atoms in total. The van der Waals surface area contributed by atoms with Gasteiger partial charge in [0.05, 0.1) is 29.1 Å². The molecule has 0 bridgehead atoms. The first-order valence-electron chi connectivity index (χ1n) is 6.68. The van der Waals surface area contributed by atoms with Crippen molar-refractivity contribution in [2.24, 2.45) is 0 Å². The van der Waals surface area contributed by atoms with Gasteiger partial charge in [0, 0.05) is 7.05 Å². The summed E-state index contributed by atoms with van der Waals surface area (Å²) in [6.07, 6.45) is 0. The Kier molecular flexibility index (Phi) is 3.97. The molecule has 0 aliphatic rings. The van der Waals surface area contributed by atoms with Gasteiger partial charge in [-0.2, -0.15) is 0 Å². The third-order valence-corrected chi connectivity index (χ3v) is 4.25. The zero-order valence-corrected chi connectivity index (χ0v) is 13.1. The minimum Gasteiger partial charge on any atom is -0.362 e. The maximum absolute atomic E-state index is 14.0. The molecular weight excluding hydrogens is 342 g/mol. The van der Waals surface area contributed by atoms with Crippen molar-refractivity contribution in [1.82, 2.24) is 9.97 Å². The Balaban J connectivity index is 1.95. The fraction of sp³-hybridized carbons (Fsp3) is 0.143. The van der Waals surface area contributed by atoms with E-state index in [2.05, 4.69) is 9.97 Å². The summed E-state index contributed by atoms with van der Waals surface area (Å²) in [5, 5.41) is 12.3. The highest BCUT2D eigenvalue weighted by Crippen LogP contribution is 2.28. The van der Waals surface area contributed by atoms with E-state index >= 15 is 0 Å². The molecule has 0 unspecified atom stereocenters. The molecule has 3 aromatic rings. The second-order valence-corrected chi connectivity index (χ2v) is 5.93. The lowest BCUT2D eigenvalue weighted by atomic mass is 10.2. The monoisotopic (exact) mass is 352 g/mol. The summed E-state index contributed by atoms with van der Waals surface area (Å²) in [5.74, 6) is -1.91. The predicted octanol–water partition coefficient (Wildman–Crippen LogP) is 2.81. The van der Waals surface area contributed by atoms with Gasteiger partial charge in [0.1, 0.15) is 16.2 Å². The van der Waals surface area contributed by atoms with Gasteiger partial charge in [-0.15, -0.1) is 11.3 Å². The number of H-pyrrole nitrogens is 1. The van der Waals surface area contributed by atoms with Crippen LogP contribution in [-0.4, -0.2) is 21.9 Å². The number of rotatable bonds is 4. The van der Waals surface area contributed by atoms with Crippen molar-refractivity contribution < 1.29 is 13.7 Å². The van der Waals surface area contributed by atoms with E-state index in [0.29, 0.717) is 22.3 Å². The SMILES string of the molecule is CN(Cc1nc2ccsc2c(=O)[nH]1)c1c(F)cc([N+](=O)[O-])cc1F. The number of nitrogens with zero attached hydrogens (tertiary/aromatic N) is 3. The van der Waals surface area contributed by atoms with Crippen molar-refractivity contribution >= 4 is 32.9 Å². The topological polar surface area (TPSA) is 92.1 Å². The Bertz CT molecular complexity index is 978. The number of hydrogen-bond acceptors (Lipinski definition) is 6. The lowest BCUT2D eigenvalue weighted by Gasteiger charge is -2.19. The van der Waals surface area contributed by atoms with Crippen LogP contribution in [0.4, 0.5) is 20.2 Å². The predicted molar refractivity (Wildman–Crippen MR) is 85.4 cm³/mol. The van der Waals surface area contributed by atoms with Gasteiger partial charge in [-0.05, 0) is 11.4 Å². The first-order chi connectivity index (χ1) is 11.4. The normalized spacial score (nSPS) is 11.0. The quantitative estimate of drug-likeness (QED) is 0.576. The van der Waals surface area contributed by atoms with Gasteiger partial charge in [0.2, 0.25) is 0 Å². The zero-order valence-electron chi connectivity index (χ0n) is 12.2. The van der Waals surface area contributed by atoms with Crippen LogP contribution in [0.2, 0.25) is 0 Å². The van der Waals surface area contributed by atoms with Gasteiger partial charge in [-0.3, -0.25) is 14.9 Å². The lowest BCUT2D eigenvalue weighted by molar-refractivity contribution is -0.385. The lowest BCUT2D eigenvalue weighted by Crippen LogP contribution is -2.23. The Labute approximate surface area is 137 Å². The van der Waals surface area contributed by atoms with Crippen LogP contribution in [0.3, 0.4) is 0 Å². The minimum atomic E-state index is -1.07. The maximum Gasteiger partial charge on any atom is 0.275 e. The van der Waals surface area contributed by atoms with E-state index in [1.807, 2.05) is 0 Å². The van der Waals surface area contributed by atoms with Crippen LogP contribution in [0.5, 0.6) is 0 Å². The minimum absolute atomic E-state index is 0.0767. The van der Waals surface area contributed by atoms with Crippen molar-refractivity contribution in [1.29, 1.82) is 0 Å². The van der Waals surface area contributed by atoms with Crippen molar-refractivity contribution in [3.8, 4) is 0 Å². The van der Waals surface area contributed by atoms with Gasteiger partial charge in [0.15, 0.2) is 11.6 Å². The highest BCUT2D eigenvalue weighted by atomic mass is 32.1. The second-order valence-electron chi connectivity index (χ2n) is 5.02. The zero-order chi connectivity index (χ0) is 17.4. The molecule has 24 heavy (non-hydrogen) atoms. The van der Waals surface area contributed by atoms with Gasteiger partial charge < -0.3 is 9.88 Å². The molecule has 0 radical (unpaired) electrons. The van der Waals surface area contributed by atoms with E-state index in [9.17, 15) is 23.7 Å². The van der Waals surface area contributed by atoms with E-state index in [-0.39, 0.29) is 17.9 Å². The molecule has 2 heterocycles. The molecule has 0 saturated carbocycles. The van der Waals surface area contributed by atoms with E-state index in [4.69, 9.17) is 0 Å². The molecule has 1 N–H and O–H groups in total. The summed E-state index contributed by atoms with van der Waals surface area (Å²) >= 11 is 1.24. The molecule has 0 fully saturated rings. The number of nitro groups is 1. The van der Waals surface area contributed by atoms with Crippen LogP contribution in [-0.2, 0) is 6.54 Å². The van der Waals surface area contributed by atoms with Gasteiger partial charge in [-0.25, -0.2) is 13.8 Å². The number of hydrogen-bond donors (Lipinski definition) is 1. The molecule has 0 atom stereocenters. The van der Waals surface area contributed by atoms with E-state index in [0.717, 1.165) is 0 Å². The Hall–Kier alpha value is -2.88. The third-order valence-electron chi connectivity index (χ3n) is 3.35. The highest BCUT2D eigenvalue weighted by Gasteiger charge is 2.20. The molecule has 0 spiro atoms. The number of halogens is 2. The first-order valence-corrected chi connectivity index (χ1v) is 7.55. The smallest absolute Gasteiger partial charge is 0.275 e. The van der Waals surface area contributed by atoms with Crippen molar-refractivity contribution in [2.45, 2.75) is 6.54 Å². The first kappa shape index (κ1) is 16.0. The Morgan fingerprint density at radius 2 is 2.04 bits per heavy atom. The molecule has 0 amide bonds. The standard InChI is InChI=1S/C14H10F2N4O3S/c1-19(12-8(15)4-7(20(22)23)5-9(12)16)6-11-17-10-2-3-24-13(10)14(21)18-11/h2-5H,6H2,1H3,(H,17,18,21). The molecule has 3 rings (SSSR count). The summed E-state index contributed by atoms with van der Waals surface area (Å²) < 4.78 is 28.5. The van der Waals surface area contributed by atoms with Crippen LogP contribution in [0.15, 0.2) is 28.4 Å². The molecule has 124 valence electrons. The van der Waals surface area contributed by atoms with Crippen LogP contribution >= 0.6 is 11.3 Å². The summed E-state index contributed by atoms with van der Waals surface area (Å²) in [5.41, 5.74) is -0.943. The molecule has 10 heteroatoms. The molecule has 0 aliphatic heterocycles. The van der Waals surface area contributed by atoms with Crippen molar-refractivity contribution in [3.05, 3.63) is 61.5 Å². The number of fused-ring (bicyclic) bond motifs is 1. The molecule has 0 aliphatic carbocycles. The summed E-state index contributed by atoms with van der Waals surface area (Å²) in [7, 11) is 1.39. The molecule has 2 aromatic heterocycles. The van der Waals surface area contributed by atoms with E-state index in [1.54, 1.807) is 11.4 Å². The average molecular weight is 352 g/mol. The number of aromatic amines is 1. The average Bonchev–Trinajstić information content (AvgIpc) is 2.95. The second kappa shape index (κ2) is 5.96. The Morgan fingerprint density at radius 1 is 1.38 bits per heavy atom. The fourth-order valence-electron chi connectivity index (χ4n) is 2.32. The molecular formula is C14H10F2N4O3S. The maximum atomic E-state index is 14.0. The van der Waals surface area contributed by atoms with Crippen LogP contribution in [0.25, 0.3) is 10.2 Å². The van der Waals surface area contributed by atoms with Crippen molar-refractivity contribution in [3.63, 3.8) is 0 Å². The third kappa shape index (κ3) is 2.83. The summed E-state index contributed by atoms with van der Waals surface area (Å²) in [4.78, 5) is 29.6. The molecule has 0 saturated heterocycles. The largest absolute Gasteiger partial charge is 0.362 e.